The molecule has 3 N–H and O–H groups in total. The average Bonchev–Trinajstić information content (AvgIpc) is 2.64. The van der Waals surface area contributed by atoms with Crippen LogP contribution in [0.15, 0.2) is 47.6 Å². The topological polar surface area (TPSA) is 69.9 Å². The molecular weight excluding hydrogens is 364 g/mol. The molecule has 0 unspecified atom stereocenters. The minimum Gasteiger partial charge on any atom is -0.507 e. The molecule has 0 fully saturated rings. The molecule has 154 valence electrons. The third-order valence-corrected chi connectivity index (χ3v) is 4.62. The van der Waals surface area contributed by atoms with Gasteiger partial charge in [0.1, 0.15) is 11.5 Å². The lowest BCUT2D eigenvalue weighted by Crippen LogP contribution is -1.97. The number of hydrogen-bond acceptors (Lipinski definition) is 4. The maximum absolute atomic E-state index is 10.5. The van der Waals surface area contributed by atoms with Gasteiger partial charge in [-0.1, -0.05) is 41.5 Å². The van der Waals surface area contributed by atoms with Gasteiger partial charge in [-0.2, -0.15) is 0 Å². The van der Waals surface area contributed by atoms with E-state index < -0.39 is 0 Å². The molecule has 0 saturated carbocycles. The van der Waals surface area contributed by atoms with Crippen molar-refractivity contribution in [3.63, 3.8) is 0 Å². The summed E-state index contributed by atoms with van der Waals surface area (Å²) in [6, 6.07) is 6.56. The van der Waals surface area contributed by atoms with Crippen LogP contribution in [0.4, 0.5) is 0 Å². The van der Waals surface area contributed by atoms with Crippen LogP contribution in [0.1, 0.15) is 49.9 Å². The van der Waals surface area contributed by atoms with Crippen LogP contribution in [0.25, 0.3) is 12.2 Å². The summed E-state index contributed by atoms with van der Waals surface area (Å²) >= 11 is 0. The highest BCUT2D eigenvalue weighted by atomic mass is 16.5. The second-order valence-electron chi connectivity index (χ2n) is 7.52. The van der Waals surface area contributed by atoms with Crippen LogP contribution in [0.2, 0.25) is 0 Å². The molecule has 0 saturated heterocycles. The first-order valence-corrected chi connectivity index (χ1v) is 9.61. The van der Waals surface area contributed by atoms with Crippen LogP contribution in [-0.4, -0.2) is 22.4 Å². The van der Waals surface area contributed by atoms with E-state index >= 15 is 0 Å². The van der Waals surface area contributed by atoms with Crippen molar-refractivity contribution < 1.29 is 20.1 Å². The van der Waals surface area contributed by atoms with Crippen LogP contribution < -0.4 is 4.74 Å². The van der Waals surface area contributed by atoms with Crippen molar-refractivity contribution in [1.82, 2.24) is 0 Å². The van der Waals surface area contributed by atoms with Crippen molar-refractivity contribution in [2.45, 2.75) is 40.5 Å². The van der Waals surface area contributed by atoms with Gasteiger partial charge in [0.05, 0.1) is 7.11 Å². The number of phenols is 3. The molecule has 0 radical (unpaired) electrons. The van der Waals surface area contributed by atoms with Gasteiger partial charge >= 0.3 is 0 Å². The smallest absolute Gasteiger partial charge is 0.160 e. The number of phenolic OH excluding ortho intramolecular Hbond substituents is 3. The van der Waals surface area contributed by atoms with Gasteiger partial charge in [0.2, 0.25) is 0 Å². The van der Waals surface area contributed by atoms with E-state index in [0.29, 0.717) is 18.6 Å². The number of methoxy groups -OCH3 is 1. The summed E-state index contributed by atoms with van der Waals surface area (Å²) in [4.78, 5) is 0. The highest BCUT2D eigenvalue weighted by Crippen LogP contribution is 2.36. The van der Waals surface area contributed by atoms with Crippen molar-refractivity contribution in [3.05, 3.63) is 69.8 Å². The van der Waals surface area contributed by atoms with E-state index in [1.54, 1.807) is 12.1 Å². The third-order valence-electron chi connectivity index (χ3n) is 4.62. The Bertz CT molecular complexity index is 913. The second-order valence-corrected chi connectivity index (χ2v) is 7.52. The number of allylic oxidation sites excluding steroid dienone is 4. The molecule has 0 spiro atoms. The lowest BCUT2D eigenvalue weighted by molar-refractivity contribution is 0.373. The van der Waals surface area contributed by atoms with Gasteiger partial charge in [0.25, 0.3) is 0 Å². The molecular formula is C25H30O4. The van der Waals surface area contributed by atoms with Gasteiger partial charge in [-0.3, -0.25) is 0 Å². The van der Waals surface area contributed by atoms with Gasteiger partial charge in [-0.05, 0) is 63.8 Å². The van der Waals surface area contributed by atoms with E-state index in [2.05, 4.69) is 0 Å². The summed E-state index contributed by atoms with van der Waals surface area (Å²) < 4.78 is 5.09. The van der Waals surface area contributed by atoms with E-state index in [4.69, 9.17) is 4.74 Å². The molecule has 29 heavy (non-hydrogen) atoms. The summed E-state index contributed by atoms with van der Waals surface area (Å²) in [5.74, 6) is 0.602. The number of hydrogen-bond donors (Lipinski definition) is 3. The maximum atomic E-state index is 10.5. The maximum Gasteiger partial charge on any atom is 0.160 e. The predicted octanol–water partition coefficient (Wildman–Crippen LogP) is 6.00. The molecule has 0 bridgehead atoms. The lowest BCUT2D eigenvalue weighted by Gasteiger charge is -2.15. The molecule has 0 amide bonds. The number of benzene rings is 2. The fourth-order valence-corrected chi connectivity index (χ4v) is 2.99. The van der Waals surface area contributed by atoms with Crippen molar-refractivity contribution in [2.24, 2.45) is 0 Å². The van der Waals surface area contributed by atoms with Gasteiger partial charge in [-0.15, -0.1) is 0 Å². The Morgan fingerprint density at radius 2 is 1.34 bits per heavy atom. The monoisotopic (exact) mass is 394 g/mol. The number of ether oxygens (including phenoxy) is 1. The molecule has 0 heterocycles. The first-order chi connectivity index (χ1) is 13.7. The highest BCUT2D eigenvalue weighted by molar-refractivity contribution is 5.77. The first kappa shape index (κ1) is 22.2. The van der Waals surface area contributed by atoms with Crippen LogP contribution in [-0.2, 0) is 12.8 Å². The Morgan fingerprint density at radius 1 is 0.793 bits per heavy atom. The zero-order valence-electron chi connectivity index (χ0n) is 17.8. The molecule has 0 aliphatic carbocycles. The summed E-state index contributed by atoms with van der Waals surface area (Å²) in [7, 11) is 1.51. The fraction of sp³-hybridized carbons (Fsp3) is 0.280. The molecule has 2 aromatic carbocycles. The SMILES string of the molecule is COc1ccc(/C=C/c2c(CC=C(C)C)c(O)cc(O)c2CC=C(C)C)cc1O. The second kappa shape index (κ2) is 9.87. The van der Waals surface area contributed by atoms with E-state index in [9.17, 15) is 15.3 Å². The van der Waals surface area contributed by atoms with Crippen LogP contribution in [0.3, 0.4) is 0 Å². The molecule has 0 aliphatic rings. The fourth-order valence-electron chi connectivity index (χ4n) is 2.99. The highest BCUT2D eigenvalue weighted by Gasteiger charge is 2.15. The Morgan fingerprint density at radius 3 is 1.79 bits per heavy atom. The van der Waals surface area contributed by atoms with Gasteiger partial charge in [0, 0.05) is 17.2 Å². The number of aromatic hydroxyl groups is 3. The zero-order valence-corrected chi connectivity index (χ0v) is 17.8. The number of rotatable bonds is 7. The van der Waals surface area contributed by atoms with Gasteiger partial charge in [-0.25, -0.2) is 0 Å². The summed E-state index contributed by atoms with van der Waals surface area (Å²) in [6.45, 7) is 8.04. The molecule has 2 aromatic rings. The van der Waals surface area contributed by atoms with E-state index in [1.807, 2.05) is 58.1 Å². The van der Waals surface area contributed by atoms with Crippen molar-refractivity contribution in [2.75, 3.05) is 7.11 Å². The molecule has 0 atom stereocenters. The molecule has 0 aliphatic heterocycles. The third kappa shape index (κ3) is 5.92. The minimum atomic E-state index is 0.0583. The van der Waals surface area contributed by atoms with Crippen LogP contribution in [0.5, 0.6) is 23.0 Å². The van der Waals surface area contributed by atoms with E-state index in [1.165, 1.54) is 13.2 Å². The van der Waals surface area contributed by atoms with Gasteiger partial charge < -0.3 is 20.1 Å². The molecule has 0 aromatic heterocycles. The molecule has 4 heteroatoms. The predicted molar refractivity (Wildman–Crippen MR) is 120 cm³/mol. The molecule has 4 nitrogen and oxygen atoms in total. The Kier molecular flexibility index (Phi) is 7.54. The quantitative estimate of drug-likeness (QED) is 0.398. The van der Waals surface area contributed by atoms with Crippen molar-refractivity contribution >= 4 is 12.2 Å². The summed E-state index contributed by atoms with van der Waals surface area (Å²) in [6.07, 6.45) is 8.95. The Labute approximate surface area is 173 Å². The standard InChI is InChI=1S/C25H30O4/c1-16(2)6-10-20-19(12-8-18-9-13-25(29-5)24(28)14-18)21(11-7-17(3)4)23(27)15-22(20)26/h6-9,12-15,26-28H,10-11H2,1-5H3/b12-8+. The first-order valence-electron chi connectivity index (χ1n) is 9.61. The minimum absolute atomic E-state index is 0.0583. The van der Waals surface area contributed by atoms with E-state index in [0.717, 1.165) is 33.4 Å². The Hall–Kier alpha value is -3.14. The van der Waals surface area contributed by atoms with Crippen LogP contribution >= 0.6 is 0 Å². The van der Waals surface area contributed by atoms with Crippen molar-refractivity contribution in [3.8, 4) is 23.0 Å². The average molecular weight is 395 g/mol. The molecule has 2 rings (SSSR count). The Balaban J connectivity index is 2.59. The largest absolute Gasteiger partial charge is 0.507 e. The van der Waals surface area contributed by atoms with Gasteiger partial charge in [0.15, 0.2) is 11.5 Å². The summed E-state index contributed by atoms with van der Waals surface area (Å²) in [5.41, 5.74) is 5.39. The van der Waals surface area contributed by atoms with Crippen molar-refractivity contribution in [1.29, 1.82) is 0 Å². The zero-order chi connectivity index (χ0) is 21.6. The normalized spacial score (nSPS) is 10.8. The van der Waals surface area contributed by atoms with Crippen LogP contribution in [0, 0.1) is 0 Å². The summed E-state index contributed by atoms with van der Waals surface area (Å²) in [5, 5.41) is 31.0. The van der Waals surface area contributed by atoms with E-state index in [-0.39, 0.29) is 17.2 Å². The lowest BCUT2D eigenvalue weighted by atomic mass is 9.93.